The van der Waals surface area contributed by atoms with E-state index in [1.54, 1.807) is 0 Å². The normalized spacial score (nSPS) is 16.2. The van der Waals surface area contributed by atoms with Gasteiger partial charge in [0.15, 0.2) is 0 Å². The predicted octanol–water partition coefficient (Wildman–Crippen LogP) is 1.76. The summed E-state index contributed by atoms with van der Waals surface area (Å²) in [5.74, 6) is 0.119. The molecule has 1 aromatic rings. The van der Waals surface area contributed by atoms with E-state index < -0.39 is 0 Å². The highest BCUT2D eigenvalue weighted by Crippen LogP contribution is 2.20. The molecule has 0 saturated heterocycles. The first-order valence-electron chi connectivity index (χ1n) is 4.15. The average Bonchev–Trinajstić information content (AvgIpc) is 2.25. The SMILES string of the molecule is O=C1CCCc2cc[c]cc2N1. The fourth-order valence-corrected chi connectivity index (χ4v) is 1.45. The monoisotopic (exact) mass is 160 g/mol. The number of fused-ring (bicyclic) bond motifs is 1. The summed E-state index contributed by atoms with van der Waals surface area (Å²) >= 11 is 0. The van der Waals surface area contributed by atoms with Crippen LogP contribution < -0.4 is 5.32 Å². The topological polar surface area (TPSA) is 29.1 Å². The van der Waals surface area contributed by atoms with Crippen molar-refractivity contribution in [2.24, 2.45) is 0 Å². The second-order valence-electron chi connectivity index (χ2n) is 2.98. The fraction of sp³-hybridized carbons (Fsp3) is 0.300. The first-order valence-corrected chi connectivity index (χ1v) is 4.15. The van der Waals surface area contributed by atoms with Crippen LogP contribution in [0.5, 0.6) is 0 Å². The number of carbonyl (C=O) groups is 1. The highest BCUT2D eigenvalue weighted by molar-refractivity contribution is 5.92. The van der Waals surface area contributed by atoms with Gasteiger partial charge in [-0.1, -0.05) is 12.1 Å². The molecule has 0 aliphatic carbocycles. The molecule has 2 rings (SSSR count). The zero-order valence-corrected chi connectivity index (χ0v) is 6.76. The lowest BCUT2D eigenvalue weighted by atomic mass is 10.1. The molecule has 0 unspecified atom stereocenters. The van der Waals surface area contributed by atoms with E-state index in [0.717, 1.165) is 18.5 Å². The van der Waals surface area contributed by atoms with Crippen LogP contribution in [0.1, 0.15) is 18.4 Å². The van der Waals surface area contributed by atoms with Crippen molar-refractivity contribution in [2.75, 3.05) is 5.32 Å². The Balaban J connectivity index is 2.37. The molecular formula is C10H10NO. The van der Waals surface area contributed by atoms with Crippen LogP contribution in [-0.2, 0) is 11.2 Å². The fourth-order valence-electron chi connectivity index (χ4n) is 1.45. The van der Waals surface area contributed by atoms with Crippen LogP contribution in [0.3, 0.4) is 0 Å². The van der Waals surface area contributed by atoms with Crippen molar-refractivity contribution in [2.45, 2.75) is 19.3 Å². The van der Waals surface area contributed by atoms with Gasteiger partial charge in [-0.15, -0.1) is 0 Å². The van der Waals surface area contributed by atoms with Gasteiger partial charge in [-0.05, 0) is 30.5 Å². The Bertz CT molecular complexity index is 306. The third-order valence-electron chi connectivity index (χ3n) is 2.08. The van der Waals surface area contributed by atoms with Gasteiger partial charge in [0.05, 0.1) is 0 Å². The van der Waals surface area contributed by atoms with Crippen LogP contribution >= 0.6 is 0 Å². The van der Waals surface area contributed by atoms with Crippen molar-refractivity contribution in [1.82, 2.24) is 0 Å². The summed E-state index contributed by atoms with van der Waals surface area (Å²) in [5, 5.41) is 2.85. The molecule has 1 N–H and O–H groups in total. The molecule has 0 aromatic heterocycles. The number of nitrogens with one attached hydrogen (secondary N) is 1. The van der Waals surface area contributed by atoms with Gasteiger partial charge < -0.3 is 5.32 Å². The molecule has 0 saturated carbocycles. The largest absolute Gasteiger partial charge is 0.326 e. The number of rotatable bonds is 0. The van der Waals surface area contributed by atoms with Crippen molar-refractivity contribution in [3.05, 3.63) is 29.8 Å². The Kier molecular flexibility index (Phi) is 1.82. The van der Waals surface area contributed by atoms with Gasteiger partial charge in [-0.2, -0.15) is 0 Å². The average molecular weight is 160 g/mol. The highest BCUT2D eigenvalue weighted by atomic mass is 16.1. The summed E-state index contributed by atoms with van der Waals surface area (Å²) in [6, 6.07) is 8.69. The second kappa shape index (κ2) is 2.97. The van der Waals surface area contributed by atoms with Gasteiger partial charge >= 0.3 is 0 Å². The molecule has 1 radical (unpaired) electrons. The van der Waals surface area contributed by atoms with Crippen LogP contribution in [0, 0.1) is 6.07 Å². The quantitative estimate of drug-likeness (QED) is 0.615. The molecule has 1 aliphatic heterocycles. The van der Waals surface area contributed by atoms with Crippen molar-refractivity contribution in [3.8, 4) is 0 Å². The van der Waals surface area contributed by atoms with Crippen LogP contribution in [0.4, 0.5) is 5.69 Å². The first-order chi connectivity index (χ1) is 5.86. The van der Waals surface area contributed by atoms with Crippen LogP contribution in [0.2, 0.25) is 0 Å². The third kappa shape index (κ3) is 1.33. The summed E-state index contributed by atoms with van der Waals surface area (Å²) in [5.41, 5.74) is 2.15. The summed E-state index contributed by atoms with van der Waals surface area (Å²) in [6.45, 7) is 0. The maximum absolute atomic E-state index is 11.1. The lowest BCUT2D eigenvalue weighted by molar-refractivity contribution is -0.116. The van der Waals surface area contributed by atoms with E-state index in [4.69, 9.17) is 0 Å². The summed E-state index contributed by atoms with van der Waals surface area (Å²) in [4.78, 5) is 11.1. The molecule has 0 bridgehead atoms. The number of hydrogen-bond acceptors (Lipinski definition) is 1. The highest BCUT2D eigenvalue weighted by Gasteiger charge is 2.10. The molecule has 0 fully saturated rings. The van der Waals surface area contributed by atoms with Crippen molar-refractivity contribution >= 4 is 11.6 Å². The predicted molar refractivity (Wildman–Crippen MR) is 46.8 cm³/mol. The Hall–Kier alpha value is -1.31. The molecule has 1 heterocycles. The molecule has 12 heavy (non-hydrogen) atoms. The van der Waals surface area contributed by atoms with E-state index >= 15 is 0 Å². The zero-order valence-electron chi connectivity index (χ0n) is 6.76. The minimum atomic E-state index is 0.119. The van der Waals surface area contributed by atoms with Gasteiger partial charge in [0.1, 0.15) is 0 Å². The van der Waals surface area contributed by atoms with Gasteiger partial charge in [-0.25, -0.2) is 0 Å². The Morgan fingerprint density at radius 1 is 1.42 bits per heavy atom. The molecule has 1 aromatic carbocycles. The number of anilines is 1. The van der Waals surface area contributed by atoms with Gasteiger partial charge in [0.2, 0.25) is 5.91 Å². The van der Waals surface area contributed by atoms with Crippen molar-refractivity contribution < 1.29 is 4.79 Å². The molecule has 2 heteroatoms. The van der Waals surface area contributed by atoms with Crippen LogP contribution in [-0.4, -0.2) is 5.91 Å². The molecule has 61 valence electrons. The molecule has 2 nitrogen and oxygen atoms in total. The minimum Gasteiger partial charge on any atom is -0.326 e. The number of amides is 1. The van der Waals surface area contributed by atoms with E-state index in [0.29, 0.717) is 6.42 Å². The number of benzene rings is 1. The molecule has 1 amide bonds. The Morgan fingerprint density at radius 3 is 3.25 bits per heavy atom. The van der Waals surface area contributed by atoms with E-state index in [2.05, 4.69) is 11.4 Å². The van der Waals surface area contributed by atoms with E-state index in [1.165, 1.54) is 5.56 Å². The zero-order chi connectivity index (χ0) is 8.39. The van der Waals surface area contributed by atoms with Crippen LogP contribution in [0.15, 0.2) is 18.2 Å². The van der Waals surface area contributed by atoms with E-state index in [-0.39, 0.29) is 5.91 Å². The number of carbonyl (C=O) groups excluding carboxylic acids is 1. The van der Waals surface area contributed by atoms with Crippen molar-refractivity contribution in [3.63, 3.8) is 0 Å². The molecule has 0 spiro atoms. The summed E-state index contributed by atoms with van der Waals surface area (Å²) < 4.78 is 0. The summed E-state index contributed by atoms with van der Waals surface area (Å²) in [7, 11) is 0. The first kappa shape index (κ1) is 7.35. The minimum absolute atomic E-state index is 0.119. The lowest BCUT2D eigenvalue weighted by Gasteiger charge is -2.03. The molecular weight excluding hydrogens is 150 g/mol. The van der Waals surface area contributed by atoms with Crippen molar-refractivity contribution in [1.29, 1.82) is 0 Å². The Labute approximate surface area is 71.6 Å². The Morgan fingerprint density at radius 2 is 2.33 bits per heavy atom. The number of hydrogen-bond donors (Lipinski definition) is 1. The molecule has 1 aliphatic rings. The standard InChI is InChI=1S/C10H10NO/c12-10-7-3-5-8-4-1-2-6-9(8)11-10/h1,4,6H,3,5,7H2,(H,11,12). The lowest BCUT2D eigenvalue weighted by Crippen LogP contribution is -2.08. The summed E-state index contributed by atoms with van der Waals surface area (Å²) in [6.07, 6.45) is 2.57. The molecule has 0 atom stereocenters. The van der Waals surface area contributed by atoms with Gasteiger partial charge in [0, 0.05) is 12.1 Å². The van der Waals surface area contributed by atoms with Gasteiger partial charge in [-0.3, -0.25) is 4.79 Å². The second-order valence-corrected chi connectivity index (χ2v) is 2.98. The number of aryl methyl sites for hydroxylation is 1. The maximum Gasteiger partial charge on any atom is 0.224 e. The smallest absolute Gasteiger partial charge is 0.224 e. The third-order valence-corrected chi connectivity index (χ3v) is 2.08. The van der Waals surface area contributed by atoms with E-state index in [1.807, 2.05) is 18.2 Å². The maximum atomic E-state index is 11.1. The van der Waals surface area contributed by atoms with Crippen LogP contribution in [0.25, 0.3) is 0 Å². The van der Waals surface area contributed by atoms with Gasteiger partial charge in [0.25, 0.3) is 0 Å². The van der Waals surface area contributed by atoms with E-state index in [9.17, 15) is 4.79 Å².